The van der Waals surface area contributed by atoms with E-state index in [9.17, 15) is 18.0 Å². The molecule has 0 bridgehead atoms. The molecule has 0 unspecified atom stereocenters. The van der Waals surface area contributed by atoms with Gasteiger partial charge in [0, 0.05) is 18.5 Å². The first-order chi connectivity index (χ1) is 15.7. The van der Waals surface area contributed by atoms with E-state index in [1.807, 2.05) is 0 Å². The first-order valence-electron chi connectivity index (χ1n) is 11.5. The molecule has 0 aromatic heterocycles. The molecule has 0 spiro atoms. The fourth-order valence-electron chi connectivity index (χ4n) is 4.52. The maximum Gasteiger partial charge on any atom is 0.251 e. The lowest BCUT2D eigenvalue weighted by molar-refractivity contribution is -0.116. The highest BCUT2D eigenvalue weighted by atomic mass is 32.2. The summed E-state index contributed by atoms with van der Waals surface area (Å²) in [6.07, 6.45) is 2.23. The smallest absolute Gasteiger partial charge is 0.251 e. The molecule has 0 radical (unpaired) electrons. The number of carbonyl (C=O) groups is 2. The van der Waals surface area contributed by atoms with E-state index in [-0.39, 0.29) is 29.8 Å². The van der Waals surface area contributed by atoms with Gasteiger partial charge in [0.1, 0.15) is 0 Å². The van der Waals surface area contributed by atoms with Crippen LogP contribution in [0.2, 0.25) is 0 Å². The molecule has 176 valence electrons. The highest BCUT2D eigenvalue weighted by molar-refractivity contribution is 7.94. The summed E-state index contributed by atoms with van der Waals surface area (Å²) in [7, 11) is -3.67. The summed E-state index contributed by atoms with van der Waals surface area (Å²) >= 11 is 0. The molecule has 1 N–H and O–H groups in total. The summed E-state index contributed by atoms with van der Waals surface area (Å²) in [5.74, 6) is -0.244. The van der Waals surface area contributed by atoms with Gasteiger partial charge in [-0.25, -0.2) is 12.7 Å². The van der Waals surface area contributed by atoms with Crippen molar-refractivity contribution >= 4 is 27.5 Å². The third-order valence-electron chi connectivity index (χ3n) is 6.60. The van der Waals surface area contributed by atoms with Crippen LogP contribution in [0.15, 0.2) is 48.5 Å². The minimum atomic E-state index is -3.67. The zero-order chi connectivity index (χ0) is 23.6. The Morgan fingerprint density at radius 2 is 1.82 bits per heavy atom. The van der Waals surface area contributed by atoms with Crippen molar-refractivity contribution < 1.29 is 18.0 Å². The minimum absolute atomic E-state index is 0.0363. The minimum Gasteiger partial charge on any atom is -0.350 e. The van der Waals surface area contributed by atoms with Crippen molar-refractivity contribution in [3.8, 4) is 0 Å². The molecule has 0 aliphatic carbocycles. The fraction of sp³-hybridized carbons (Fsp3) is 0.440. The molecule has 2 aliphatic rings. The molecule has 2 heterocycles. The van der Waals surface area contributed by atoms with Crippen LogP contribution in [0.4, 0.5) is 5.69 Å². The van der Waals surface area contributed by atoms with Gasteiger partial charge in [-0.2, -0.15) is 0 Å². The predicted octanol–water partition coefficient (Wildman–Crippen LogP) is 3.26. The Labute approximate surface area is 195 Å². The standard InChI is InChI=1S/C25H31N3O4S/c1-18-6-8-20(9-7-18)23(27-13-10-19(2)11-14-27)17-26-25(30)21-4-3-5-22(16-21)28-24(29)12-15-33(28,31)32/h3-9,16,19,23H,10-15,17H2,1-2H3,(H,26,30)/t23-/m1/s1. The van der Waals surface area contributed by atoms with Crippen LogP contribution in [0.3, 0.4) is 0 Å². The third-order valence-corrected chi connectivity index (χ3v) is 8.29. The van der Waals surface area contributed by atoms with Gasteiger partial charge in [0.2, 0.25) is 15.9 Å². The van der Waals surface area contributed by atoms with Crippen LogP contribution in [0, 0.1) is 12.8 Å². The van der Waals surface area contributed by atoms with Crippen molar-refractivity contribution in [2.75, 3.05) is 29.7 Å². The number of likely N-dealkylation sites (tertiary alicyclic amines) is 1. The van der Waals surface area contributed by atoms with Crippen LogP contribution < -0.4 is 9.62 Å². The van der Waals surface area contributed by atoms with E-state index >= 15 is 0 Å². The molecule has 2 aromatic carbocycles. The highest BCUT2D eigenvalue weighted by Gasteiger charge is 2.36. The number of benzene rings is 2. The number of nitrogens with one attached hydrogen (secondary N) is 1. The zero-order valence-electron chi connectivity index (χ0n) is 19.2. The van der Waals surface area contributed by atoms with Gasteiger partial charge in [-0.1, -0.05) is 42.8 Å². The number of sulfonamides is 1. The number of aryl methyl sites for hydroxylation is 1. The molecule has 2 fully saturated rings. The van der Waals surface area contributed by atoms with Crippen LogP contribution in [0.25, 0.3) is 0 Å². The fourth-order valence-corrected chi connectivity index (χ4v) is 5.97. The van der Waals surface area contributed by atoms with E-state index in [2.05, 4.69) is 48.3 Å². The van der Waals surface area contributed by atoms with Gasteiger partial charge in [0.25, 0.3) is 5.91 Å². The van der Waals surface area contributed by atoms with E-state index in [0.717, 1.165) is 35.8 Å². The van der Waals surface area contributed by atoms with Gasteiger partial charge in [0.05, 0.1) is 17.5 Å². The van der Waals surface area contributed by atoms with Gasteiger partial charge < -0.3 is 5.32 Å². The van der Waals surface area contributed by atoms with Gasteiger partial charge in [0.15, 0.2) is 0 Å². The number of nitrogens with zero attached hydrogens (tertiary/aromatic N) is 2. The predicted molar refractivity (Wildman–Crippen MR) is 129 cm³/mol. The Morgan fingerprint density at radius 3 is 2.45 bits per heavy atom. The molecular weight excluding hydrogens is 438 g/mol. The number of amides is 2. The molecule has 0 saturated carbocycles. The van der Waals surface area contributed by atoms with Crippen LogP contribution in [0.5, 0.6) is 0 Å². The molecule has 2 aromatic rings. The lowest BCUT2D eigenvalue weighted by Gasteiger charge is -2.37. The van der Waals surface area contributed by atoms with Crippen LogP contribution >= 0.6 is 0 Å². The second kappa shape index (κ2) is 9.65. The number of piperidine rings is 1. The van der Waals surface area contributed by atoms with Gasteiger partial charge in [-0.15, -0.1) is 0 Å². The molecule has 4 rings (SSSR count). The first-order valence-corrected chi connectivity index (χ1v) is 13.1. The lowest BCUT2D eigenvalue weighted by atomic mass is 9.95. The number of carbonyl (C=O) groups excluding carboxylic acids is 2. The number of hydrogen-bond donors (Lipinski definition) is 1. The molecule has 2 saturated heterocycles. The summed E-state index contributed by atoms with van der Waals surface area (Å²) in [6, 6.07) is 14.7. The Morgan fingerprint density at radius 1 is 1.12 bits per heavy atom. The summed E-state index contributed by atoms with van der Waals surface area (Å²) in [6.45, 7) is 6.75. The highest BCUT2D eigenvalue weighted by Crippen LogP contribution is 2.28. The van der Waals surface area contributed by atoms with Crippen molar-refractivity contribution in [1.82, 2.24) is 10.2 Å². The first kappa shape index (κ1) is 23.4. The second-order valence-electron chi connectivity index (χ2n) is 9.13. The lowest BCUT2D eigenvalue weighted by Crippen LogP contribution is -2.42. The number of rotatable bonds is 6. The summed E-state index contributed by atoms with van der Waals surface area (Å²) < 4.78 is 25.3. The quantitative estimate of drug-likeness (QED) is 0.702. The van der Waals surface area contributed by atoms with E-state index in [1.165, 1.54) is 11.6 Å². The average molecular weight is 470 g/mol. The van der Waals surface area contributed by atoms with Crippen molar-refractivity contribution in [2.24, 2.45) is 5.92 Å². The Balaban J connectivity index is 1.50. The monoisotopic (exact) mass is 469 g/mol. The molecule has 1 atom stereocenters. The van der Waals surface area contributed by atoms with E-state index in [0.29, 0.717) is 18.0 Å². The van der Waals surface area contributed by atoms with Crippen LogP contribution in [-0.2, 0) is 14.8 Å². The van der Waals surface area contributed by atoms with Crippen molar-refractivity contribution in [1.29, 1.82) is 0 Å². The molecule has 8 heteroatoms. The topological polar surface area (TPSA) is 86.8 Å². The zero-order valence-corrected chi connectivity index (χ0v) is 20.0. The van der Waals surface area contributed by atoms with Gasteiger partial charge >= 0.3 is 0 Å². The summed E-state index contributed by atoms with van der Waals surface area (Å²) in [5, 5.41) is 3.04. The largest absolute Gasteiger partial charge is 0.350 e. The maximum atomic E-state index is 13.0. The Hall–Kier alpha value is -2.71. The van der Waals surface area contributed by atoms with Gasteiger partial charge in [-0.05, 0) is 62.5 Å². The Bertz CT molecular complexity index is 1120. The number of hydrogen-bond acceptors (Lipinski definition) is 5. The summed E-state index contributed by atoms with van der Waals surface area (Å²) in [4.78, 5) is 27.5. The summed E-state index contributed by atoms with van der Waals surface area (Å²) in [5.41, 5.74) is 2.90. The van der Waals surface area contributed by atoms with Crippen LogP contribution in [0.1, 0.15) is 53.7 Å². The maximum absolute atomic E-state index is 13.0. The Kier molecular flexibility index (Phi) is 6.86. The van der Waals surface area contributed by atoms with Crippen LogP contribution in [-0.4, -0.2) is 50.5 Å². The van der Waals surface area contributed by atoms with E-state index < -0.39 is 15.9 Å². The SMILES string of the molecule is Cc1ccc([C@@H](CNC(=O)c2cccc(N3C(=O)CCS3(=O)=O)c2)N2CCC(C)CC2)cc1. The van der Waals surface area contributed by atoms with Crippen molar-refractivity contribution in [3.05, 3.63) is 65.2 Å². The van der Waals surface area contributed by atoms with Crippen molar-refractivity contribution in [3.63, 3.8) is 0 Å². The molecule has 7 nitrogen and oxygen atoms in total. The second-order valence-corrected chi connectivity index (χ2v) is 11.1. The molecule has 2 aliphatic heterocycles. The third kappa shape index (κ3) is 5.28. The molecule has 33 heavy (non-hydrogen) atoms. The number of anilines is 1. The van der Waals surface area contributed by atoms with Crippen molar-refractivity contribution in [2.45, 2.75) is 39.2 Å². The normalized spacial score (nSPS) is 20.1. The van der Waals surface area contributed by atoms with E-state index in [4.69, 9.17) is 0 Å². The van der Waals surface area contributed by atoms with E-state index in [1.54, 1.807) is 18.2 Å². The average Bonchev–Trinajstić information content (AvgIpc) is 3.08. The van der Waals surface area contributed by atoms with Gasteiger partial charge in [-0.3, -0.25) is 14.5 Å². The molecular formula is C25H31N3O4S. The molecule has 2 amide bonds.